The van der Waals surface area contributed by atoms with E-state index in [9.17, 15) is 8.42 Å². The number of nitrogens with one attached hydrogen (secondary N) is 2. The summed E-state index contributed by atoms with van der Waals surface area (Å²) in [6.07, 6.45) is 1.79. The van der Waals surface area contributed by atoms with E-state index >= 15 is 0 Å². The van der Waals surface area contributed by atoms with Gasteiger partial charge in [0, 0.05) is 56.3 Å². The summed E-state index contributed by atoms with van der Waals surface area (Å²) < 4.78 is 26.4. The van der Waals surface area contributed by atoms with Crippen LogP contribution in [0.25, 0.3) is 10.9 Å². The van der Waals surface area contributed by atoms with E-state index in [1.54, 1.807) is 29.3 Å². The summed E-state index contributed by atoms with van der Waals surface area (Å²) in [5.74, 6) is 2.39. The highest BCUT2D eigenvalue weighted by molar-refractivity contribution is 14.0. The van der Waals surface area contributed by atoms with Crippen molar-refractivity contribution in [3.8, 4) is 0 Å². The number of halogens is 1. The largest absolute Gasteiger partial charge is 0.355 e. The molecule has 0 unspecified atom stereocenters. The lowest BCUT2D eigenvalue weighted by Gasteiger charge is -2.25. The standard InChI is InChI=1S/C18H25N5O2S2.HI/c1-19-18(21-8-13-27(24,25)23-9-11-26-12-10-23)22-14-15-6-7-20-17-5-3-2-4-16(15)17;/h2-7H,8-14H2,1H3,(H2,19,21,22);1H. The van der Waals surface area contributed by atoms with Crippen molar-refractivity contribution in [2.75, 3.05) is 43.9 Å². The van der Waals surface area contributed by atoms with Gasteiger partial charge in [-0.05, 0) is 17.7 Å². The fourth-order valence-corrected chi connectivity index (χ4v) is 5.45. The highest BCUT2D eigenvalue weighted by Gasteiger charge is 2.23. The lowest BCUT2D eigenvalue weighted by Crippen LogP contribution is -2.44. The zero-order valence-electron chi connectivity index (χ0n) is 15.8. The second-order valence-electron chi connectivity index (χ2n) is 6.17. The maximum atomic E-state index is 12.4. The Balaban J connectivity index is 0.00000280. The van der Waals surface area contributed by atoms with Crippen LogP contribution in [-0.4, -0.2) is 67.6 Å². The topological polar surface area (TPSA) is 86.7 Å². The van der Waals surface area contributed by atoms with Gasteiger partial charge in [-0.25, -0.2) is 12.7 Å². The van der Waals surface area contributed by atoms with E-state index in [-0.39, 0.29) is 29.7 Å². The number of nitrogens with zero attached hydrogens (tertiary/aromatic N) is 3. The van der Waals surface area contributed by atoms with Crippen LogP contribution < -0.4 is 10.6 Å². The molecule has 2 heterocycles. The number of thioether (sulfide) groups is 1. The Kier molecular flexibility index (Phi) is 9.25. The molecule has 1 aliphatic heterocycles. The van der Waals surface area contributed by atoms with Crippen molar-refractivity contribution in [2.45, 2.75) is 6.54 Å². The Morgan fingerprint density at radius 1 is 1.21 bits per heavy atom. The molecular weight excluding hydrogens is 509 g/mol. The van der Waals surface area contributed by atoms with Crippen LogP contribution in [0, 0.1) is 0 Å². The molecule has 154 valence electrons. The third kappa shape index (κ3) is 6.19. The van der Waals surface area contributed by atoms with Crippen LogP contribution in [-0.2, 0) is 16.6 Å². The maximum Gasteiger partial charge on any atom is 0.215 e. The van der Waals surface area contributed by atoms with Crippen LogP contribution in [0.4, 0.5) is 0 Å². The van der Waals surface area contributed by atoms with E-state index in [0.29, 0.717) is 32.1 Å². The van der Waals surface area contributed by atoms with Gasteiger partial charge in [0.05, 0.1) is 11.3 Å². The first kappa shape index (κ1) is 23.2. The third-order valence-corrected chi connectivity index (χ3v) is 7.24. The van der Waals surface area contributed by atoms with Gasteiger partial charge in [-0.2, -0.15) is 11.8 Å². The molecule has 1 aromatic heterocycles. The quantitative estimate of drug-likeness (QED) is 0.334. The van der Waals surface area contributed by atoms with Crippen molar-refractivity contribution >= 4 is 62.6 Å². The van der Waals surface area contributed by atoms with Crippen LogP contribution in [0.15, 0.2) is 41.5 Å². The number of aromatic nitrogens is 1. The molecule has 0 aliphatic carbocycles. The van der Waals surface area contributed by atoms with E-state index in [2.05, 4.69) is 20.6 Å². The van der Waals surface area contributed by atoms with Crippen LogP contribution >= 0.6 is 35.7 Å². The molecule has 10 heteroatoms. The highest BCUT2D eigenvalue weighted by Crippen LogP contribution is 2.16. The van der Waals surface area contributed by atoms with Crippen LogP contribution in [0.5, 0.6) is 0 Å². The van der Waals surface area contributed by atoms with E-state index in [4.69, 9.17) is 0 Å². The minimum atomic E-state index is -3.22. The minimum Gasteiger partial charge on any atom is -0.355 e. The molecule has 0 saturated carbocycles. The first-order chi connectivity index (χ1) is 13.1. The molecule has 0 amide bonds. The van der Waals surface area contributed by atoms with Gasteiger partial charge < -0.3 is 10.6 Å². The number of sulfonamides is 1. The van der Waals surface area contributed by atoms with Crippen LogP contribution in [0.3, 0.4) is 0 Å². The Bertz CT molecular complexity index is 896. The summed E-state index contributed by atoms with van der Waals surface area (Å²) in [6, 6.07) is 9.95. The molecule has 1 aromatic carbocycles. The number of guanidine groups is 1. The first-order valence-corrected chi connectivity index (χ1v) is 11.7. The molecule has 1 aliphatic rings. The molecule has 3 rings (SSSR count). The monoisotopic (exact) mass is 535 g/mol. The second kappa shape index (κ2) is 11.2. The summed E-state index contributed by atoms with van der Waals surface area (Å²) >= 11 is 1.80. The van der Waals surface area contributed by atoms with Gasteiger partial charge in [0.15, 0.2) is 5.96 Å². The number of hydrogen-bond donors (Lipinski definition) is 2. The van der Waals surface area contributed by atoms with Gasteiger partial charge in [0.1, 0.15) is 0 Å². The number of para-hydroxylation sites is 1. The van der Waals surface area contributed by atoms with Crippen molar-refractivity contribution in [1.29, 1.82) is 0 Å². The van der Waals surface area contributed by atoms with E-state index in [1.807, 2.05) is 30.3 Å². The normalized spacial score (nSPS) is 15.8. The molecule has 7 nitrogen and oxygen atoms in total. The molecule has 1 fully saturated rings. The Hall–Kier alpha value is -1.11. The van der Waals surface area contributed by atoms with Gasteiger partial charge in [0.25, 0.3) is 0 Å². The molecule has 2 N–H and O–H groups in total. The molecule has 0 atom stereocenters. The third-order valence-electron chi connectivity index (χ3n) is 4.43. The number of benzene rings is 1. The molecule has 1 saturated heterocycles. The SMILES string of the molecule is CN=C(NCCS(=O)(=O)N1CCSCC1)NCc1ccnc2ccccc12.I. The summed E-state index contributed by atoms with van der Waals surface area (Å²) in [4.78, 5) is 8.55. The summed E-state index contributed by atoms with van der Waals surface area (Å²) in [5.41, 5.74) is 2.06. The number of aliphatic imine (C=N–C) groups is 1. The van der Waals surface area contributed by atoms with Crippen molar-refractivity contribution in [1.82, 2.24) is 19.9 Å². The maximum absolute atomic E-state index is 12.4. The lowest BCUT2D eigenvalue weighted by atomic mass is 10.1. The van der Waals surface area contributed by atoms with Gasteiger partial charge >= 0.3 is 0 Å². The van der Waals surface area contributed by atoms with Crippen molar-refractivity contribution in [3.63, 3.8) is 0 Å². The lowest BCUT2D eigenvalue weighted by molar-refractivity contribution is 0.443. The number of pyridine rings is 1. The fraction of sp³-hybridized carbons (Fsp3) is 0.444. The minimum absolute atomic E-state index is 0. The predicted molar refractivity (Wildman–Crippen MR) is 128 cm³/mol. The first-order valence-electron chi connectivity index (χ1n) is 8.93. The number of hydrogen-bond acceptors (Lipinski definition) is 5. The van der Waals surface area contributed by atoms with Gasteiger partial charge in [-0.3, -0.25) is 9.98 Å². The van der Waals surface area contributed by atoms with Gasteiger partial charge in [0.2, 0.25) is 10.0 Å². The van der Waals surface area contributed by atoms with Crippen molar-refractivity contribution < 1.29 is 8.42 Å². The molecule has 2 aromatic rings. The summed E-state index contributed by atoms with van der Waals surface area (Å²) in [5, 5.41) is 7.43. The van der Waals surface area contributed by atoms with Crippen molar-refractivity contribution in [3.05, 3.63) is 42.1 Å². The molecular formula is C18H26IN5O2S2. The predicted octanol–water partition coefficient (Wildman–Crippen LogP) is 1.90. The van der Waals surface area contributed by atoms with Gasteiger partial charge in [-0.1, -0.05) is 18.2 Å². The van der Waals surface area contributed by atoms with E-state index in [1.165, 1.54) is 0 Å². The smallest absolute Gasteiger partial charge is 0.215 e. The average molecular weight is 535 g/mol. The van der Waals surface area contributed by atoms with E-state index in [0.717, 1.165) is 28.0 Å². The average Bonchev–Trinajstić information content (AvgIpc) is 2.71. The molecule has 28 heavy (non-hydrogen) atoms. The number of rotatable bonds is 6. The Labute approximate surface area is 187 Å². The molecule has 0 radical (unpaired) electrons. The molecule has 0 bridgehead atoms. The highest BCUT2D eigenvalue weighted by atomic mass is 127. The fourth-order valence-electron chi connectivity index (χ4n) is 2.96. The second-order valence-corrected chi connectivity index (χ2v) is 9.48. The Morgan fingerprint density at radius 2 is 1.96 bits per heavy atom. The van der Waals surface area contributed by atoms with Crippen molar-refractivity contribution in [2.24, 2.45) is 4.99 Å². The zero-order valence-corrected chi connectivity index (χ0v) is 19.8. The van der Waals surface area contributed by atoms with Crippen LogP contribution in [0.1, 0.15) is 5.56 Å². The Morgan fingerprint density at radius 3 is 2.71 bits per heavy atom. The van der Waals surface area contributed by atoms with Gasteiger partial charge in [-0.15, -0.1) is 24.0 Å². The summed E-state index contributed by atoms with van der Waals surface area (Å²) in [7, 11) is -1.54. The zero-order chi connectivity index (χ0) is 19.1. The summed E-state index contributed by atoms with van der Waals surface area (Å²) in [6.45, 7) is 2.12. The van der Waals surface area contributed by atoms with E-state index < -0.39 is 10.0 Å². The molecule has 0 spiro atoms. The number of fused-ring (bicyclic) bond motifs is 1. The van der Waals surface area contributed by atoms with Crippen LogP contribution in [0.2, 0.25) is 0 Å².